The largest absolute Gasteiger partial charge is 0.314 e. The SMILES string of the molecule is CCCSCC(C)N1CCNCC1. The van der Waals surface area contributed by atoms with Gasteiger partial charge in [0.15, 0.2) is 0 Å². The summed E-state index contributed by atoms with van der Waals surface area (Å²) in [5.74, 6) is 2.62. The minimum absolute atomic E-state index is 0.763. The molecule has 0 radical (unpaired) electrons. The predicted molar refractivity (Wildman–Crippen MR) is 61.5 cm³/mol. The number of nitrogens with zero attached hydrogens (tertiary/aromatic N) is 1. The number of hydrogen-bond donors (Lipinski definition) is 1. The Balaban J connectivity index is 2.09. The van der Waals surface area contributed by atoms with E-state index in [2.05, 4.69) is 35.8 Å². The Morgan fingerprint density at radius 3 is 2.69 bits per heavy atom. The van der Waals surface area contributed by atoms with Gasteiger partial charge in [-0.05, 0) is 19.1 Å². The first kappa shape index (κ1) is 11.3. The maximum absolute atomic E-state index is 3.39. The van der Waals surface area contributed by atoms with E-state index in [1.165, 1.54) is 44.1 Å². The van der Waals surface area contributed by atoms with E-state index < -0.39 is 0 Å². The topological polar surface area (TPSA) is 15.3 Å². The summed E-state index contributed by atoms with van der Waals surface area (Å²) < 4.78 is 0. The molecule has 0 aromatic heterocycles. The van der Waals surface area contributed by atoms with Crippen molar-refractivity contribution in [3.05, 3.63) is 0 Å². The van der Waals surface area contributed by atoms with Crippen LogP contribution in [0.5, 0.6) is 0 Å². The Hall–Kier alpha value is 0.270. The summed E-state index contributed by atoms with van der Waals surface area (Å²) in [4.78, 5) is 2.60. The molecule has 1 heterocycles. The summed E-state index contributed by atoms with van der Waals surface area (Å²) in [6, 6.07) is 0.763. The predicted octanol–water partition coefficient (Wildman–Crippen LogP) is 1.42. The van der Waals surface area contributed by atoms with Crippen molar-refractivity contribution in [2.75, 3.05) is 37.7 Å². The molecule has 0 amide bonds. The van der Waals surface area contributed by atoms with E-state index in [0.29, 0.717) is 0 Å². The Morgan fingerprint density at radius 1 is 1.38 bits per heavy atom. The quantitative estimate of drug-likeness (QED) is 0.679. The Morgan fingerprint density at radius 2 is 2.08 bits per heavy atom. The molecule has 1 rings (SSSR count). The zero-order valence-corrected chi connectivity index (χ0v) is 9.70. The lowest BCUT2D eigenvalue weighted by Gasteiger charge is -2.32. The van der Waals surface area contributed by atoms with Crippen LogP contribution >= 0.6 is 11.8 Å². The zero-order chi connectivity index (χ0) is 9.52. The van der Waals surface area contributed by atoms with E-state index in [0.717, 1.165) is 6.04 Å². The maximum Gasteiger partial charge on any atom is 0.0159 e. The van der Waals surface area contributed by atoms with Gasteiger partial charge in [-0.1, -0.05) is 6.92 Å². The van der Waals surface area contributed by atoms with Gasteiger partial charge in [-0.15, -0.1) is 0 Å². The zero-order valence-electron chi connectivity index (χ0n) is 8.88. The van der Waals surface area contributed by atoms with Crippen LogP contribution in [0.3, 0.4) is 0 Å². The maximum atomic E-state index is 3.39. The number of hydrogen-bond acceptors (Lipinski definition) is 3. The highest BCUT2D eigenvalue weighted by atomic mass is 32.2. The van der Waals surface area contributed by atoms with Crippen LogP contribution in [0.15, 0.2) is 0 Å². The first-order chi connectivity index (χ1) is 6.34. The number of nitrogens with one attached hydrogen (secondary N) is 1. The van der Waals surface area contributed by atoms with E-state index in [1.54, 1.807) is 0 Å². The normalized spacial score (nSPS) is 21.7. The van der Waals surface area contributed by atoms with Crippen molar-refractivity contribution in [1.82, 2.24) is 10.2 Å². The second-order valence-electron chi connectivity index (χ2n) is 3.71. The van der Waals surface area contributed by atoms with Gasteiger partial charge in [0.1, 0.15) is 0 Å². The molecule has 1 N–H and O–H groups in total. The smallest absolute Gasteiger partial charge is 0.0159 e. The van der Waals surface area contributed by atoms with E-state index in [4.69, 9.17) is 0 Å². The molecular weight excluding hydrogens is 180 g/mol. The molecule has 0 aliphatic carbocycles. The fraction of sp³-hybridized carbons (Fsp3) is 1.00. The van der Waals surface area contributed by atoms with Gasteiger partial charge in [-0.25, -0.2) is 0 Å². The van der Waals surface area contributed by atoms with Crippen LogP contribution in [0.2, 0.25) is 0 Å². The summed E-state index contributed by atoms with van der Waals surface area (Å²) in [5, 5.41) is 3.39. The van der Waals surface area contributed by atoms with E-state index in [9.17, 15) is 0 Å². The average Bonchev–Trinajstić information content (AvgIpc) is 2.19. The highest BCUT2D eigenvalue weighted by Crippen LogP contribution is 2.10. The van der Waals surface area contributed by atoms with Gasteiger partial charge in [0.05, 0.1) is 0 Å². The highest BCUT2D eigenvalue weighted by Gasteiger charge is 2.15. The summed E-state index contributed by atoms with van der Waals surface area (Å²) in [7, 11) is 0. The molecule has 0 aromatic rings. The molecule has 1 atom stereocenters. The Bertz CT molecular complexity index is 124. The van der Waals surface area contributed by atoms with E-state index in [-0.39, 0.29) is 0 Å². The molecule has 1 fully saturated rings. The standard InChI is InChI=1S/C10H22N2S/c1-3-8-13-9-10(2)12-6-4-11-5-7-12/h10-11H,3-9H2,1-2H3. The van der Waals surface area contributed by atoms with Crippen molar-refractivity contribution in [3.63, 3.8) is 0 Å². The van der Waals surface area contributed by atoms with Crippen LogP contribution in [-0.4, -0.2) is 48.6 Å². The lowest BCUT2D eigenvalue weighted by molar-refractivity contribution is 0.198. The molecule has 78 valence electrons. The van der Waals surface area contributed by atoms with Crippen molar-refractivity contribution >= 4 is 11.8 Å². The third-order valence-electron chi connectivity index (χ3n) is 2.48. The fourth-order valence-electron chi connectivity index (χ4n) is 1.63. The van der Waals surface area contributed by atoms with Crippen molar-refractivity contribution in [3.8, 4) is 0 Å². The molecule has 1 saturated heterocycles. The molecule has 0 bridgehead atoms. The van der Waals surface area contributed by atoms with Gasteiger partial charge < -0.3 is 5.32 Å². The minimum atomic E-state index is 0.763. The lowest BCUT2D eigenvalue weighted by atomic mass is 10.3. The van der Waals surface area contributed by atoms with Crippen LogP contribution in [-0.2, 0) is 0 Å². The number of thioether (sulfide) groups is 1. The Labute approximate surface area is 86.5 Å². The molecule has 0 spiro atoms. The lowest BCUT2D eigenvalue weighted by Crippen LogP contribution is -2.48. The van der Waals surface area contributed by atoms with Crippen LogP contribution in [0.25, 0.3) is 0 Å². The summed E-state index contributed by atoms with van der Waals surface area (Å²) in [6.07, 6.45) is 1.30. The van der Waals surface area contributed by atoms with Crippen molar-refractivity contribution in [2.45, 2.75) is 26.3 Å². The third-order valence-corrected chi connectivity index (χ3v) is 3.90. The summed E-state index contributed by atoms with van der Waals surface area (Å²) in [5.41, 5.74) is 0. The molecule has 13 heavy (non-hydrogen) atoms. The monoisotopic (exact) mass is 202 g/mol. The number of rotatable bonds is 5. The first-order valence-corrected chi connectivity index (χ1v) is 6.52. The van der Waals surface area contributed by atoms with Crippen LogP contribution < -0.4 is 5.32 Å². The molecule has 1 unspecified atom stereocenters. The van der Waals surface area contributed by atoms with E-state index >= 15 is 0 Å². The molecule has 3 heteroatoms. The van der Waals surface area contributed by atoms with Gasteiger partial charge in [0.25, 0.3) is 0 Å². The molecule has 2 nitrogen and oxygen atoms in total. The van der Waals surface area contributed by atoms with Gasteiger partial charge in [-0.3, -0.25) is 4.90 Å². The van der Waals surface area contributed by atoms with Crippen LogP contribution in [0.1, 0.15) is 20.3 Å². The van der Waals surface area contributed by atoms with E-state index in [1.807, 2.05) is 0 Å². The fourth-order valence-corrected chi connectivity index (χ4v) is 2.63. The summed E-state index contributed by atoms with van der Waals surface area (Å²) >= 11 is 2.09. The molecule has 0 saturated carbocycles. The Kier molecular flexibility index (Phi) is 5.83. The van der Waals surface area contributed by atoms with Gasteiger partial charge in [0, 0.05) is 38.0 Å². The number of piperazine rings is 1. The molecule has 0 aromatic carbocycles. The summed E-state index contributed by atoms with van der Waals surface area (Å²) in [6.45, 7) is 9.41. The molecular formula is C10H22N2S. The van der Waals surface area contributed by atoms with Gasteiger partial charge >= 0.3 is 0 Å². The minimum Gasteiger partial charge on any atom is -0.314 e. The third kappa shape index (κ3) is 4.34. The van der Waals surface area contributed by atoms with Gasteiger partial charge in [0.2, 0.25) is 0 Å². The molecule has 1 aliphatic rings. The van der Waals surface area contributed by atoms with Gasteiger partial charge in [-0.2, -0.15) is 11.8 Å². The first-order valence-electron chi connectivity index (χ1n) is 5.37. The van der Waals surface area contributed by atoms with Crippen molar-refractivity contribution < 1.29 is 0 Å². The molecule has 1 aliphatic heterocycles. The highest BCUT2D eigenvalue weighted by molar-refractivity contribution is 7.99. The van der Waals surface area contributed by atoms with Crippen molar-refractivity contribution in [2.24, 2.45) is 0 Å². The second kappa shape index (κ2) is 6.68. The van der Waals surface area contributed by atoms with Crippen LogP contribution in [0, 0.1) is 0 Å². The van der Waals surface area contributed by atoms with Crippen molar-refractivity contribution in [1.29, 1.82) is 0 Å². The second-order valence-corrected chi connectivity index (χ2v) is 4.86. The average molecular weight is 202 g/mol. The van der Waals surface area contributed by atoms with Crippen LogP contribution in [0.4, 0.5) is 0 Å².